The number of fused-ring (bicyclic) bond motifs is 3. The molecule has 5 rings (SSSR count). The summed E-state index contributed by atoms with van der Waals surface area (Å²) in [5.74, 6) is 0. The first-order valence-electron chi connectivity index (χ1n) is 22.0. The summed E-state index contributed by atoms with van der Waals surface area (Å²) in [6, 6.07) is 22.7. The molecule has 0 saturated heterocycles. The van der Waals surface area contributed by atoms with Crippen LogP contribution in [0.5, 0.6) is 0 Å². The SMILES string of the molecule is CCCCCCCCCCCC[n+]1ccc(/C=C/c2ccc3c4ccc(/C=C/c5cc[n+](CCCCCCCCCCCC)cc5)cc4n(C)c3c2)cc1. The Balaban J connectivity index is 1.07. The van der Waals surface area contributed by atoms with Crippen molar-refractivity contribution >= 4 is 46.1 Å². The number of hydrogen-bond donors (Lipinski definition) is 0. The lowest BCUT2D eigenvalue weighted by atomic mass is 10.1. The molecule has 3 aromatic heterocycles. The van der Waals surface area contributed by atoms with Crippen LogP contribution in [-0.4, -0.2) is 4.57 Å². The van der Waals surface area contributed by atoms with Gasteiger partial charge >= 0.3 is 0 Å². The van der Waals surface area contributed by atoms with Crippen molar-refractivity contribution in [2.75, 3.05) is 0 Å². The Morgan fingerprint density at radius 2 is 0.704 bits per heavy atom. The van der Waals surface area contributed by atoms with Crippen LogP contribution in [0, 0.1) is 0 Å². The van der Waals surface area contributed by atoms with Gasteiger partial charge in [0.25, 0.3) is 0 Å². The van der Waals surface area contributed by atoms with Crippen molar-refractivity contribution in [1.29, 1.82) is 0 Å². The van der Waals surface area contributed by atoms with Crippen molar-refractivity contribution < 1.29 is 9.13 Å². The van der Waals surface area contributed by atoms with Crippen LogP contribution in [0.25, 0.3) is 46.1 Å². The van der Waals surface area contributed by atoms with E-state index < -0.39 is 0 Å². The Morgan fingerprint density at radius 1 is 0.389 bits per heavy atom. The standard InChI is InChI=1S/C51H71N3/c1-4-6-8-10-12-14-16-18-20-22-36-53-38-32-44(33-39-53)24-26-46-28-30-48-49-31-29-47(43-51(49)52(3)50(48)42-46)27-25-45-34-40-54(41-35-45)37-23-21-19-17-15-13-11-9-7-5-2/h24-35,38-43H,4-23,36-37H2,1-3H3/q+2. The van der Waals surface area contributed by atoms with E-state index >= 15 is 0 Å². The fourth-order valence-corrected chi connectivity index (χ4v) is 7.85. The zero-order valence-electron chi connectivity index (χ0n) is 34.3. The molecule has 0 radical (unpaired) electrons. The predicted octanol–water partition coefficient (Wildman–Crippen LogP) is 14.1. The molecule has 0 aliphatic heterocycles. The van der Waals surface area contributed by atoms with Gasteiger partial charge in [-0.25, -0.2) is 9.13 Å². The highest BCUT2D eigenvalue weighted by molar-refractivity contribution is 6.09. The fraction of sp³-hybridized carbons (Fsp3) is 0.490. The molecule has 0 spiro atoms. The van der Waals surface area contributed by atoms with Crippen LogP contribution < -0.4 is 9.13 Å². The largest absolute Gasteiger partial charge is 0.344 e. The lowest BCUT2D eigenvalue weighted by Crippen LogP contribution is -2.32. The van der Waals surface area contributed by atoms with Crippen molar-refractivity contribution in [2.24, 2.45) is 7.05 Å². The van der Waals surface area contributed by atoms with Gasteiger partial charge in [-0.3, -0.25) is 0 Å². The van der Waals surface area contributed by atoms with Gasteiger partial charge in [0, 0.05) is 66.0 Å². The maximum atomic E-state index is 2.34. The summed E-state index contributed by atoms with van der Waals surface area (Å²) in [6.45, 7) is 6.81. The van der Waals surface area contributed by atoms with Gasteiger partial charge in [-0.1, -0.05) is 165 Å². The Hall–Kier alpha value is -3.98. The molecular formula is C51H71N3+2. The second-order valence-corrected chi connectivity index (χ2v) is 15.9. The molecule has 54 heavy (non-hydrogen) atoms. The minimum Gasteiger partial charge on any atom is -0.344 e. The summed E-state index contributed by atoms with van der Waals surface area (Å²) in [7, 11) is 2.20. The van der Waals surface area contributed by atoms with Crippen molar-refractivity contribution in [3.8, 4) is 0 Å². The minimum atomic E-state index is 1.11. The van der Waals surface area contributed by atoms with Crippen LogP contribution in [0.2, 0.25) is 0 Å². The third-order valence-corrected chi connectivity index (χ3v) is 11.4. The van der Waals surface area contributed by atoms with Gasteiger partial charge in [0.1, 0.15) is 13.1 Å². The van der Waals surface area contributed by atoms with Crippen LogP contribution in [0.4, 0.5) is 0 Å². The van der Waals surface area contributed by atoms with Crippen molar-refractivity contribution in [1.82, 2.24) is 4.57 Å². The van der Waals surface area contributed by atoms with E-state index in [2.05, 4.69) is 144 Å². The first-order chi connectivity index (χ1) is 26.6. The highest BCUT2D eigenvalue weighted by Crippen LogP contribution is 2.30. The number of aryl methyl sites for hydroxylation is 3. The molecular weight excluding hydrogens is 655 g/mol. The van der Waals surface area contributed by atoms with Gasteiger partial charge in [0.2, 0.25) is 0 Å². The van der Waals surface area contributed by atoms with Gasteiger partial charge in [-0.2, -0.15) is 0 Å². The number of hydrogen-bond acceptors (Lipinski definition) is 0. The van der Waals surface area contributed by atoms with E-state index in [-0.39, 0.29) is 0 Å². The number of unbranched alkanes of at least 4 members (excludes halogenated alkanes) is 18. The van der Waals surface area contributed by atoms with Crippen LogP contribution in [-0.2, 0) is 20.1 Å². The number of nitrogens with zero attached hydrogens (tertiary/aromatic N) is 3. The van der Waals surface area contributed by atoms with Crippen molar-refractivity contribution in [3.63, 3.8) is 0 Å². The number of benzene rings is 2. The molecule has 3 nitrogen and oxygen atoms in total. The topological polar surface area (TPSA) is 12.7 Å². The van der Waals surface area contributed by atoms with Crippen molar-refractivity contribution in [3.05, 3.63) is 108 Å². The third-order valence-electron chi connectivity index (χ3n) is 11.4. The minimum absolute atomic E-state index is 1.11. The van der Waals surface area contributed by atoms with Gasteiger partial charge in [-0.05, 0) is 47.2 Å². The molecule has 0 N–H and O–H groups in total. The van der Waals surface area contributed by atoms with Crippen LogP contribution >= 0.6 is 0 Å². The van der Waals surface area contributed by atoms with Gasteiger partial charge in [0.15, 0.2) is 24.8 Å². The molecule has 0 unspecified atom stereocenters. The van der Waals surface area contributed by atoms with E-state index in [4.69, 9.17) is 0 Å². The second kappa shape index (κ2) is 23.7. The first-order valence-corrected chi connectivity index (χ1v) is 22.0. The third kappa shape index (κ3) is 13.7. The lowest BCUT2D eigenvalue weighted by Gasteiger charge is -2.02. The Morgan fingerprint density at radius 3 is 1.06 bits per heavy atom. The molecule has 0 bridgehead atoms. The summed E-state index contributed by atoms with van der Waals surface area (Å²) >= 11 is 0. The molecule has 0 fully saturated rings. The van der Waals surface area contributed by atoms with E-state index in [1.807, 2.05) is 0 Å². The Bertz CT molecular complexity index is 1710. The molecule has 288 valence electrons. The average Bonchev–Trinajstić information content (AvgIpc) is 3.48. The molecule has 0 saturated carbocycles. The number of aromatic nitrogens is 3. The number of rotatable bonds is 26. The predicted molar refractivity (Wildman–Crippen MR) is 235 cm³/mol. The number of pyridine rings is 2. The van der Waals surface area contributed by atoms with Gasteiger partial charge in [0.05, 0.1) is 0 Å². The van der Waals surface area contributed by atoms with Crippen LogP contribution in [0.3, 0.4) is 0 Å². The normalized spacial score (nSPS) is 12.0. The first kappa shape index (κ1) is 41.2. The maximum absolute atomic E-state index is 2.34. The van der Waals surface area contributed by atoms with Crippen LogP contribution in [0.15, 0.2) is 85.5 Å². The molecule has 0 amide bonds. The van der Waals surface area contributed by atoms with E-state index in [9.17, 15) is 0 Å². The lowest BCUT2D eigenvalue weighted by molar-refractivity contribution is -0.697. The maximum Gasteiger partial charge on any atom is 0.169 e. The Kier molecular flexibility index (Phi) is 18.1. The van der Waals surface area contributed by atoms with Crippen LogP contribution in [0.1, 0.15) is 165 Å². The van der Waals surface area contributed by atoms with E-state index in [1.165, 1.54) is 172 Å². The zero-order valence-corrected chi connectivity index (χ0v) is 34.3. The molecule has 0 atom stereocenters. The van der Waals surface area contributed by atoms with Gasteiger partial charge < -0.3 is 4.57 Å². The second-order valence-electron chi connectivity index (χ2n) is 15.9. The summed E-state index contributed by atoms with van der Waals surface area (Å²) in [6.07, 6.45) is 45.5. The molecule has 5 aromatic rings. The monoisotopic (exact) mass is 726 g/mol. The average molecular weight is 726 g/mol. The fourth-order valence-electron chi connectivity index (χ4n) is 7.85. The molecule has 0 aliphatic carbocycles. The highest BCUT2D eigenvalue weighted by Gasteiger charge is 2.09. The van der Waals surface area contributed by atoms with Crippen molar-refractivity contribution in [2.45, 2.75) is 155 Å². The van der Waals surface area contributed by atoms with Gasteiger partial charge in [-0.15, -0.1) is 0 Å². The molecule has 3 heteroatoms. The van der Waals surface area contributed by atoms with E-state index in [1.54, 1.807) is 0 Å². The molecule has 3 heterocycles. The smallest absolute Gasteiger partial charge is 0.169 e. The van der Waals surface area contributed by atoms with E-state index in [0.29, 0.717) is 0 Å². The quantitative estimate of drug-likeness (QED) is 0.0398. The Labute approximate surface area is 328 Å². The highest BCUT2D eigenvalue weighted by atomic mass is 14.9. The molecule has 2 aromatic carbocycles. The van der Waals surface area contributed by atoms with E-state index in [0.717, 1.165) is 13.1 Å². The zero-order chi connectivity index (χ0) is 37.6. The molecule has 0 aliphatic rings. The summed E-state index contributed by atoms with van der Waals surface area (Å²) in [5, 5.41) is 2.62. The summed E-state index contributed by atoms with van der Waals surface area (Å²) in [5.41, 5.74) is 7.47. The summed E-state index contributed by atoms with van der Waals surface area (Å²) in [4.78, 5) is 0. The summed E-state index contributed by atoms with van der Waals surface area (Å²) < 4.78 is 7.02.